The molecule has 130 valence electrons. The zero-order chi connectivity index (χ0) is 17.0. The van der Waals surface area contributed by atoms with E-state index in [9.17, 15) is 9.18 Å². The summed E-state index contributed by atoms with van der Waals surface area (Å²) < 4.78 is 13.2. The van der Waals surface area contributed by atoms with E-state index in [0.717, 1.165) is 11.1 Å². The van der Waals surface area contributed by atoms with Crippen LogP contribution < -0.4 is 11.1 Å². The van der Waals surface area contributed by atoms with Crippen molar-refractivity contribution in [3.63, 3.8) is 0 Å². The first-order valence-electron chi connectivity index (χ1n) is 7.35. The molecular weight excluding hydrogens is 350 g/mol. The third kappa shape index (κ3) is 4.94. The van der Waals surface area contributed by atoms with E-state index in [0.29, 0.717) is 11.6 Å². The van der Waals surface area contributed by atoms with Gasteiger partial charge < -0.3 is 11.1 Å². The molecule has 0 aromatic heterocycles. The maximum Gasteiger partial charge on any atom is 0.241 e. The predicted octanol–water partition coefficient (Wildman–Crippen LogP) is 3.99. The van der Waals surface area contributed by atoms with Gasteiger partial charge in [-0.3, -0.25) is 4.79 Å². The minimum atomic E-state index is -0.726. The van der Waals surface area contributed by atoms with Crippen molar-refractivity contribution in [2.75, 3.05) is 6.54 Å². The third-order valence-electron chi connectivity index (χ3n) is 3.81. The van der Waals surface area contributed by atoms with Crippen LogP contribution >= 0.6 is 24.0 Å². The number of rotatable bonds is 5. The van der Waals surface area contributed by atoms with Gasteiger partial charge in [0, 0.05) is 17.0 Å². The molecule has 1 unspecified atom stereocenters. The van der Waals surface area contributed by atoms with Crippen LogP contribution in [0.2, 0.25) is 5.02 Å². The summed E-state index contributed by atoms with van der Waals surface area (Å²) in [5.41, 5.74) is 7.05. The number of amides is 1. The van der Waals surface area contributed by atoms with Gasteiger partial charge in [0.1, 0.15) is 11.9 Å². The van der Waals surface area contributed by atoms with E-state index in [4.69, 9.17) is 17.3 Å². The van der Waals surface area contributed by atoms with Crippen molar-refractivity contribution in [3.05, 3.63) is 70.5 Å². The number of hydrogen-bond acceptors (Lipinski definition) is 2. The second-order valence-electron chi connectivity index (χ2n) is 6.11. The maximum atomic E-state index is 13.2. The highest BCUT2D eigenvalue weighted by atomic mass is 35.5. The van der Waals surface area contributed by atoms with Crippen LogP contribution in [0.15, 0.2) is 48.5 Å². The summed E-state index contributed by atoms with van der Waals surface area (Å²) in [7, 11) is 0. The molecule has 0 spiro atoms. The van der Waals surface area contributed by atoms with Gasteiger partial charge >= 0.3 is 0 Å². The molecule has 3 N–H and O–H groups in total. The molecule has 0 radical (unpaired) electrons. The van der Waals surface area contributed by atoms with Crippen molar-refractivity contribution in [2.24, 2.45) is 5.73 Å². The van der Waals surface area contributed by atoms with Gasteiger partial charge in [-0.25, -0.2) is 4.39 Å². The molecule has 6 heteroatoms. The molecule has 1 atom stereocenters. The summed E-state index contributed by atoms with van der Waals surface area (Å²) in [6, 6.07) is 12.7. The minimum absolute atomic E-state index is 0. The molecule has 2 aromatic carbocycles. The van der Waals surface area contributed by atoms with Crippen LogP contribution in [0.5, 0.6) is 0 Å². The van der Waals surface area contributed by atoms with Crippen LogP contribution in [0.3, 0.4) is 0 Å². The molecule has 0 heterocycles. The number of nitrogens with one attached hydrogen (secondary N) is 1. The first-order chi connectivity index (χ1) is 10.8. The molecular formula is C18H21Cl2FN2O. The van der Waals surface area contributed by atoms with Gasteiger partial charge in [-0.15, -0.1) is 12.4 Å². The van der Waals surface area contributed by atoms with E-state index in [1.807, 2.05) is 44.2 Å². The number of hydrogen-bond donors (Lipinski definition) is 2. The molecule has 0 aliphatic carbocycles. The molecule has 2 rings (SSSR count). The lowest BCUT2D eigenvalue weighted by molar-refractivity contribution is -0.122. The Hall–Kier alpha value is -1.62. The fourth-order valence-corrected chi connectivity index (χ4v) is 2.79. The van der Waals surface area contributed by atoms with Gasteiger partial charge in [0.05, 0.1) is 0 Å². The van der Waals surface area contributed by atoms with Gasteiger partial charge in [-0.2, -0.15) is 0 Å². The third-order valence-corrected chi connectivity index (χ3v) is 4.12. The molecule has 0 fully saturated rings. The topological polar surface area (TPSA) is 55.1 Å². The number of carbonyl (C=O) groups excluding carboxylic acids is 1. The zero-order valence-corrected chi connectivity index (χ0v) is 15.1. The van der Waals surface area contributed by atoms with Crippen LogP contribution in [0.25, 0.3) is 0 Å². The van der Waals surface area contributed by atoms with Gasteiger partial charge in [0.2, 0.25) is 5.91 Å². The van der Waals surface area contributed by atoms with E-state index in [2.05, 4.69) is 5.32 Å². The van der Waals surface area contributed by atoms with Crippen molar-refractivity contribution in [1.29, 1.82) is 0 Å². The largest absolute Gasteiger partial charge is 0.354 e. The Morgan fingerprint density at radius 3 is 2.46 bits per heavy atom. The number of halogens is 3. The summed E-state index contributed by atoms with van der Waals surface area (Å²) in [6.07, 6.45) is 0. The number of benzene rings is 2. The molecule has 0 aliphatic heterocycles. The summed E-state index contributed by atoms with van der Waals surface area (Å²) in [6.45, 7) is 4.21. The Kier molecular flexibility index (Phi) is 7.21. The van der Waals surface area contributed by atoms with Crippen molar-refractivity contribution in [1.82, 2.24) is 5.32 Å². The first kappa shape index (κ1) is 20.4. The molecule has 24 heavy (non-hydrogen) atoms. The molecule has 0 saturated heterocycles. The highest BCUT2D eigenvalue weighted by molar-refractivity contribution is 6.31. The Balaban J connectivity index is 0.00000288. The van der Waals surface area contributed by atoms with E-state index in [1.54, 1.807) is 6.07 Å². The van der Waals surface area contributed by atoms with Gasteiger partial charge in [-0.1, -0.05) is 61.8 Å². The standard InChI is InChI=1S/C18H20ClFN2O.ClH/c1-18(2,14-9-8-13(20)10-15(14)19)11-22-17(23)16(21)12-6-4-3-5-7-12;/h3-10,16H,11,21H2,1-2H3,(H,22,23);1H. The zero-order valence-electron chi connectivity index (χ0n) is 13.6. The fraction of sp³-hybridized carbons (Fsp3) is 0.278. The van der Waals surface area contributed by atoms with Crippen molar-refractivity contribution >= 4 is 29.9 Å². The highest BCUT2D eigenvalue weighted by Gasteiger charge is 2.25. The Bertz CT molecular complexity index is 693. The average molecular weight is 371 g/mol. The van der Waals surface area contributed by atoms with E-state index in [1.165, 1.54) is 12.1 Å². The highest BCUT2D eigenvalue weighted by Crippen LogP contribution is 2.30. The fourth-order valence-electron chi connectivity index (χ4n) is 2.36. The molecule has 0 saturated carbocycles. The van der Waals surface area contributed by atoms with Gasteiger partial charge in [0.25, 0.3) is 0 Å². The average Bonchev–Trinajstić information content (AvgIpc) is 2.52. The summed E-state index contributed by atoms with van der Waals surface area (Å²) >= 11 is 6.11. The smallest absolute Gasteiger partial charge is 0.241 e. The SMILES string of the molecule is CC(C)(CNC(=O)C(N)c1ccccc1)c1ccc(F)cc1Cl.Cl. The Labute approximate surface area is 152 Å². The Morgan fingerprint density at radius 2 is 1.88 bits per heavy atom. The predicted molar refractivity (Wildman–Crippen MR) is 98.1 cm³/mol. The van der Waals surface area contributed by atoms with Crippen molar-refractivity contribution < 1.29 is 9.18 Å². The minimum Gasteiger partial charge on any atom is -0.354 e. The second kappa shape index (κ2) is 8.47. The maximum absolute atomic E-state index is 13.2. The molecule has 3 nitrogen and oxygen atoms in total. The lowest BCUT2D eigenvalue weighted by Gasteiger charge is -2.27. The summed E-state index contributed by atoms with van der Waals surface area (Å²) in [4.78, 5) is 12.2. The van der Waals surface area contributed by atoms with Crippen molar-refractivity contribution in [3.8, 4) is 0 Å². The molecule has 2 aromatic rings. The van der Waals surface area contributed by atoms with Crippen LogP contribution in [-0.4, -0.2) is 12.5 Å². The van der Waals surface area contributed by atoms with Crippen LogP contribution in [0.4, 0.5) is 4.39 Å². The summed E-state index contributed by atoms with van der Waals surface area (Å²) in [5, 5.41) is 3.19. The van der Waals surface area contributed by atoms with Gasteiger partial charge in [-0.05, 0) is 23.3 Å². The van der Waals surface area contributed by atoms with Gasteiger partial charge in [0.15, 0.2) is 0 Å². The monoisotopic (exact) mass is 370 g/mol. The normalized spacial score (nSPS) is 12.2. The van der Waals surface area contributed by atoms with E-state index in [-0.39, 0.29) is 24.1 Å². The lowest BCUT2D eigenvalue weighted by Crippen LogP contribution is -2.41. The molecule has 0 bridgehead atoms. The van der Waals surface area contributed by atoms with Crippen LogP contribution in [-0.2, 0) is 10.2 Å². The van der Waals surface area contributed by atoms with E-state index >= 15 is 0 Å². The summed E-state index contributed by atoms with van der Waals surface area (Å²) in [5.74, 6) is -0.646. The first-order valence-corrected chi connectivity index (χ1v) is 7.73. The van der Waals surface area contributed by atoms with Crippen LogP contribution in [0.1, 0.15) is 31.0 Å². The van der Waals surface area contributed by atoms with E-state index < -0.39 is 11.5 Å². The second-order valence-corrected chi connectivity index (χ2v) is 6.52. The Morgan fingerprint density at radius 1 is 1.25 bits per heavy atom. The number of nitrogens with two attached hydrogens (primary N) is 1. The van der Waals surface area contributed by atoms with Crippen molar-refractivity contribution in [2.45, 2.75) is 25.3 Å². The number of carbonyl (C=O) groups is 1. The lowest BCUT2D eigenvalue weighted by atomic mass is 9.84. The molecule has 0 aliphatic rings. The van der Waals surface area contributed by atoms with Crippen LogP contribution in [0, 0.1) is 5.82 Å². The quantitative estimate of drug-likeness (QED) is 0.835. The molecule has 1 amide bonds.